The smallest absolute Gasteiger partial charge is 0.242 e. The van der Waals surface area contributed by atoms with Gasteiger partial charge in [0.2, 0.25) is 5.91 Å². The number of imidazole rings is 1. The SMILES string of the molecule is Cl.Cl.O=C(Nc1ccc2nc(C3CCCO3)[nH]c2c1)C1CSCN1. The molecule has 132 valence electrons. The Hall–Kier alpha value is -0.990. The topological polar surface area (TPSA) is 79.0 Å². The lowest BCUT2D eigenvalue weighted by Crippen LogP contribution is -2.37. The number of hydrogen-bond donors (Lipinski definition) is 3. The molecule has 3 N–H and O–H groups in total. The number of nitrogens with one attached hydrogen (secondary N) is 3. The van der Waals surface area contributed by atoms with Crippen molar-refractivity contribution >= 4 is 59.2 Å². The van der Waals surface area contributed by atoms with E-state index in [1.807, 2.05) is 18.2 Å². The highest BCUT2D eigenvalue weighted by molar-refractivity contribution is 7.99. The summed E-state index contributed by atoms with van der Waals surface area (Å²) in [7, 11) is 0. The molecule has 1 aromatic heterocycles. The summed E-state index contributed by atoms with van der Waals surface area (Å²) in [6.07, 6.45) is 2.16. The first-order valence-corrected chi connectivity index (χ1v) is 8.68. The molecule has 1 aromatic carbocycles. The summed E-state index contributed by atoms with van der Waals surface area (Å²) in [6, 6.07) is 5.64. The predicted molar refractivity (Wildman–Crippen MR) is 101 cm³/mol. The molecule has 2 aliphatic heterocycles. The summed E-state index contributed by atoms with van der Waals surface area (Å²) in [5.41, 5.74) is 2.62. The van der Waals surface area contributed by atoms with Crippen LogP contribution in [0.15, 0.2) is 18.2 Å². The zero-order chi connectivity index (χ0) is 14.9. The maximum absolute atomic E-state index is 12.1. The molecule has 0 radical (unpaired) electrons. The van der Waals surface area contributed by atoms with Crippen molar-refractivity contribution in [2.75, 3.05) is 23.6 Å². The fourth-order valence-electron chi connectivity index (χ4n) is 2.85. The number of aromatic nitrogens is 2. The predicted octanol–water partition coefficient (Wildman–Crippen LogP) is 2.86. The van der Waals surface area contributed by atoms with Crippen LogP contribution in [0.3, 0.4) is 0 Å². The lowest BCUT2D eigenvalue weighted by atomic mass is 10.2. The molecular formula is C15H20Cl2N4O2S. The quantitative estimate of drug-likeness (QED) is 0.750. The van der Waals surface area contributed by atoms with Gasteiger partial charge in [-0.15, -0.1) is 36.6 Å². The van der Waals surface area contributed by atoms with E-state index < -0.39 is 0 Å². The highest BCUT2D eigenvalue weighted by Crippen LogP contribution is 2.28. The van der Waals surface area contributed by atoms with Crippen molar-refractivity contribution in [2.24, 2.45) is 0 Å². The lowest BCUT2D eigenvalue weighted by Gasteiger charge is -2.10. The van der Waals surface area contributed by atoms with Gasteiger partial charge in [0.05, 0.1) is 17.1 Å². The first kappa shape index (κ1) is 19.3. The molecule has 0 saturated carbocycles. The second kappa shape index (κ2) is 8.40. The lowest BCUT2D eigenvalue weighted by molar-refractivity contribution is -0.117. The van der Waals surface area contributed by atoms with Crippen LogP contribution in [0.5, 0.6) is 0 Å². The number of thioether (sulfide) groups is 1. The zero-order valence-electron chi connectivity index (χ0n) is 12.9. The molecule has 0 spiro atoms. The number of rotatable bonds is 3. The van der Waals surface area contributed by atoms with Crippen molar-refractivity contribution in [3.8, 4) is 0 Å². The number of carbonyl (C=O) groups excluding carboxylic acids is 1. The number of halogens is 2. The van der Waals surface area contributed by atoms with E-state index in [1.165, 1.54) is 0 Å². The Morgan fingerprint density at radius 3 is 2.96 bits per heavy atom. The Morgan fingerprint density at radius 2 is 2.25 bits per heavy atom. The van der Waals surface area contributed by atoms with E-state index >= 15 is 0 Å². The van der Waals surface area contributed by atoms with E-state index in [0.717, 1.165) is 53.6 Å². The zero-order valence-corrected chi connectivity index (χ0v) is 15.4. The average Bonchev–Trinajstić information content (AvgIpc) is 3.26. The van der Waals surface area contributed by atoms with Gasteiger partial charge in [-0.3, -0.25) is 10.1 Å². The first-order valence-electron chi connectivity index (χ1n) is 7.53. The van der Waals surface area contributed by atoms with Crippen LogP contribution in [0, 0.1) is 0 Å². The molecule has 0 aliphatic carbocycles. The number of anilines is 1. The first-order chi connectivity index (χ1) is 10.8. The van der Waals surface area contributed by atoms with E-state index in [2.05, 4.69) is 20.6 Å². The van der Waals surface area contributed by atoms with Crippen LogP contribution in [-0.2, 0) is 9.53 Å². The number of benzene rings is 1. The molecule has 4 rings (SSSR count). The number of carbonyl (C=O) groups is 1. The van der Waals surface area contributed by atoms with Gasteiger partial charge in [-0.1, -0.05) is 0 Å². The molecule has 1 amide bonds. The molecule has 3 heterocycles. The van der Waals surface area contributed by atoms with Crippen molar-refractivity contribution in [2.45, 2.75) is 25.0 Å². The third-order valence-corrected chi connectivity index (χ3v) is 4.98. The maximum Gasteiger partial charge on any atom is 0.242 e. The number of ether oxygens (including phenoxy) is 1. The van der Waals surface area contributed by atoms with Gasteiger partial charge in [0.15, 0.2) is 0 Å². The van der Waals surface area contributed by atoms with E-state index in [9.17, 15) is 4.79 Å². The molecule has 9 heteroatoms. The Labute approximate surface area is 156 Å². The van der Waals surface area contributed by atoms with Crippen molar-refractivity contribution < 1.29 is 9.53 Å². The minimum Gasteiger partial charge on any atom is -0.370 e. The van der Waals surface area contributed by atoms with Crippen LogP contribution in [0.4, 0.5) is 5.69 Å². The summed E-state index contributed by atoms with van der Waals surface area (Å²) in [4.78, 5) is 20.0. The second-order valence-corrected chi connectivity index (χ2v) is 6.65. The second-order valence-electron chi connectivity index (χ2n) is 5.62. The van der Waals surface area contributed by atoms with Crippen LogP contribution in [0.2, 0.25) is 0 Å². The number of fused-ring (bicyclic) bond motifs is 1. The highest BCUT2D eigenvalue weighted by Gasteiger charge is 2.23. The van der Waals surface area contributed by atoms with Gasteiger partial charge in [0.1, 0.15) is 11.9 Å². The molecule has 2 atom stereocenters. The van der Waals surface area contributed by atoms with E-state index in [4.69, 9.17) is 4.74 Å². The molecular weight excluding hydrogens is 371 g/mol. The average molecular weight is 391 g/mol. The van der Waals surface area contributed by atoms with Gasteiger partial charge in [-0.05, 0) is 31.0 Å². The highest BCUT2D eigenvalue weighted by atomic mass is 35.5. The molecule has 2 unspecified atom stereocenters. The van der Waals surface area contributed by atoms with Gasteiger partial charge < -0.3 is 15.0 Å². The normalized spacial score (nSPS) is 22.8. The third-order valence-electron chi connectivity index (χ3n) is 4.04. The minimum absolute atomic E-state index is 0. The van der Waals surface area contributed by atoms with E-state index in [0.29, 0.717) is 0 Å². The standard InChI is InChI=1S/C15H18N4O2S.2ClH/c20-15(12-7-22-8-16-12)17-9-3-4-10-11(6-9)19-14(18-10)13-2-1-5-21-13;;/h3-4,6,12-13,16H,1-2,5,7-8H2,(H,17,20)(H,18,19);2*1H. The Morgan fingerprint density at radius 1 is 1.38 bits per heavy atom. The van der Waals surface area contributed by atoms with Crippen molar-refractivity contribution in [3.63, 3.8) is 0 Å². The van der Waals surface area contributed by atoms with Gasteiger partial charge in [0.25, 0.3) is 0 Å². The van der Waals surface area contributed by atoms with Crippen LogP contribution in [-0.4, -0.2) is 40.2 Å². The van der Waals surface area contributed by atoms with Crippen LogP contribution in [0.1, 0.15) is 24.8 Å². The van der Waals surface area contributed by atoms with Crippen LogP contribution >= 0.6 is 36.6 Å². The molecule has 2 aromatic rings. The van der Waals surface area contributed by atoms with E-state index in [-0.39, 0.29) is 42.9 Å². The Bertz CT molecular complexity index is 700. The van der Waals surface area contributed by atoms with Gasteiger partial charge >= 0.3 is 0 Å². The Kier molecular flexibility index (Phi) is 6.77. The van der Waals surface area contributed by atoms with E-state index in [1.54, 1.807) is 11.8 Å². The summed E-state index contributed by atoms with van der Waals surface area (Å²) in [5.74, 6) is 2.55. The van der Waals surface area contributed by atoms with Gasteiger partial charge in [0, 0.05) is 23.9 Å². The number of hydrogen-bond acceptors (Lipinski definition) is 5. The largest absolute Gasteiger partial charge is 0.370 e. The monoisotopic (exact) mass is 390 g/mol. The Balaban J connectivity index is 0.00000104. The van der Waals surface area contributed by atoms with Gasteiger partial charge in [-0.25, -0.2) is 4.98 Å². The summed E-state index contributed by atoms with van der Waals surface area (Å²) >= 11 is 1.74. The number of H-pyrrole nitrogens is 1. The summed E-state index contributed by atoms with van der Waals surface area (Å²) < 4.78 is 5.66. The molecule has 2 aliphatic rings. The minimum atomic E-state index is -0.107. The fraction of sp³-hybridized carbons (Fsp3) is 0.467. The summed E-state index contributed by atoms with van der Waals surface area (Å²) in [5, 5.41) is 6.13. The molecule has 2 fully saturated rings. The number of amides is 1. The van der Waals surface area contributed by atoms with Gasteiger partial charge in [-0.2, -0.15) is 0 Å². The fourth-order valence-corrected chi connectivity index (χ4v) is 3.79. The summed E-state index contributed by atoms with van der Waals surface area (Å²) in [6.45, 7) is 0.801. The molecule has 24 heavy (non-hydrogen) atoms. The third kappa shape index (κ3) is 3.97. The maximum atomic E-state index is 12.1. The van der Waals surface area contributed by atoms with Crippen molar-refractivity contribution in [1.29, 1.82) is 0 Å². The van der Waals surface area contributed by atoms with Crippen molar-refractivity contribution in [3.05, 3.63) is 24.0 Å². The molecule has 2 saturated heterocycles. The number of nitrogens with zero attached hydrogens (tertiary/aromatic N) is 1. The number of aromatic amines is 1. The van der Waals surface area contributed by atoms with Crippen LogP contribution in [0.25, 0.3) is 11.0 Å². The van der Waals surface area contributed by atoms with Crippen molar-refractivity contribution in [1.82, 2.24) is 15.3 Å². The van der Waals surface area contributed by atoms with Crippen LogP contribution < -0.4 is 10.6 Å². The molecule has 6 nitrogen and oxygen atoms in total. The molecule has 0 bridgehead atoms.